The van der Waals surface area contributed by atoms with Crippen LogP contribution in [0.5, 0.6) is 0 Å². The standard InChI is InChI=1S/C9H18N2O/c1-9(2,3)8(12)11-7-5-4-6-10-11/h10H,4-7H2,1-3H3. The molecule has 0 saturated carbocycles. The monoisotopic (exact) mass is 170 g/mol. The molecule has 0 unspecified atom stereocenters. The van der Waals surface area contributed by atoms with Gasteiger partial charge in [-0.1, -0.05) is 20.8 Å². The van der Waals surface area contributed by atoms with Crippen molar-refractivity contribution in [1.82, 2.24) is 10.4 Å². The summed E-state index contributed by atoms with van der Waals surface area (Å²) >= 11 is 0. The first-order chi connectivity index (χ1) is 5.52. The molecule has 1 amide bonds. The molecule has 3 nitrogen and oxygen atoms in total. The molecule has 1 rings (SSSR count). The van der Waals surface area contributed by atoms with Crippen molar-refractivity contribution in [2.24, 2.45) is 5.41 Å². The highest BCUT2D eigenvalue weighted by Crippen LogP contribution is 2.17. The van der Waals surface area contributed by atoms with Crippen LogP contribution < -0.4 is 5.43 Å². The summed E-state index contributed by atoms with van der Waals surface area (Å²) in [5, 5.41) is 1.75. The minimum absolute atomic E-state index is 0.196. The Bertz CT molecular complexity index is 166. The summed E-state index contributed by atoms with van der Waals surface area (Å²) in [6, 6.07) is 0. The lowest BCUT2D eigenvalue weighted by atomic mass is 9.95. The van der Waals surface area contributed by atoms with Gasteiger partial charge in [-0.3, -0.25) is 9.80 Å². The highest BCUT2D eigenvalue weighted by molar-refractivity contribution is 5.81. The number of nitrogens with zero attached hydrogens (tertiary/aromatic N) is 1. The van der Waals surface area contributed by atoms with Crippen LogP contribution in [-0.2, 0) is 4.79 Å². The second-order valence-electron chi connectivity index (χ2n) is 4.32. The summed E-state index contributed by atoms with van der Waals surface area (Å²) in [7, 11) is 0. The zero-order valence-electron chi connectivity index (χ0n) is 8.18. The van der Waals surface area contributed by atoms with Gasteiger partial charge in [-0.05, 0) is 12.8 Å². The smallest absolute Gasteiger partial charge is 0.242 e. The fourth-order valence-corrected chi connectivity index (χ4v) is 1.27. The molecule has 0 aromatic heterocycles. The van der Waals surface area contributed by atoms with E-state index < -0.39 is 0 Å². The van der Waals surface area contributed by atoms with E-state index in [1.807, 2.05) is 20.8 Å². The van der Waals surface area contributed by atoms with Gasteiger partial charge in [0.2, 0.25) is 5.91 Å². The van der Waals surface area contributed by atoms with E-state index in [0.717, 1.165) is 19.5 Å². The molecule has 1 heterocycles. The van der Waals surface area contributed by atoms with Crippen LogP contribution in [0.1, 0.15) is 33.6 Å². The Kier molecular flexibility index (Phi) is 2.73. The van der Waals surface area contributed by atoms with Gasteiger partial charge in [0, 0.05) is 18.5 Å². The zero-order valence-corrected chi connectivity index (χ0v) is 8.18. The van der Waals surface area contributed by atoms with Crippen molar-refractivity contribution >= 4 is 5.91 Å². The third-order valence-corrected chi connectivity index (χ3v) is 2.00. The Morgan fingerprint density at radius 2 is 2.00 bits per heavy atom. The van der Waals surface area contributed by atoms with Gasteiger partial charge < -0.3 is 0 Å². The summed E-state index contributed by atoms with van der Waals surface area (Å²) in [6.45, 7) is 7.64. The molecule has 3 heteroatoms. The molecule has 1 fully saturated rings. The van der Waals surface area contributed by atoms with Crippen molar-refractivity contribution in [2.75, 3.05) is 13.1 Å². The molecule has 12 heavy (non-hydrogen) atoms. The Balaban J connectivity index is 2.51. The highest BCUT2D eigenvalue weighted by atomic mass is 16.2. The Morgan fingerprint density at radius 3 is 2.42 bits per heavy atom. The summed E-state index contributed by atoms with van der Waals surface area (Å²) < 4.78 is 0. The van der Waals surface area contributed by atoms with Crippen molar-refractivity contribution in [3.05, 3.63) is 0 Å². The minimum atomic E-state index is -0.260. The molecular formula is C9H18N2O. The van der Waals surface area contributed by atoms with Gasteiger partial charge in [-0.15, -0.1) is 0 Å². The maximum atomic E-state index is 11.7. The number of hydrazine groups is 1. The molecule has 0 radical (unpaired) electrons. The van der Waals surface area contributed by atoms with Gasteiger partial charge in [-0.2, -0.15) is 0 Å². The summed E-state index contributed by atoms with van der Waals surface area (Å²) in [4.78, 5) is 11.7. The van der Waals surface area contributed by atoms with Gasteiger partial charge in [0.05, 0.1) is 0 Å². The molecule has 0 aliphatic carbocycles. The predicted octanol–water partition coefficient (Wildman–Crippen LogP) is 1.16. The van der Waals surface area contributed by atoms with Crippen LogP contribution in [0.25, 0.3) is 0 Å². The van der Waals surface area contributed by atoms with E-state index in [1.54, 1.807) is 5.01 Å². The van der Waals surface area contributed by atoms with E-state index in [4.69, 9.17) is 0 Å². The number of carbonyl (C=O) groups excluding carboxylic acids is 1. The Labute approximate surface area is 74.1 Å². The van der Waals surface area contributed by atoms with Crippen molar-refractivity contribution in [2.45, 2.75) is 33.6 Å². The van der Waals surface area contributed by atoms with Crippen LogP contribution in [0.2, 0.25) is 0 Å². The third kappa shape index (κ3) is 2.21. The third-order valence-electron chi connectivity index (χ3n) is 2.00. The van der Waals surface area contributed by atoms with E-state index in [2.05, 4.69) is 5.43 Å². The number of nitrogens with one attached hydrogen (secondary N) is 1. The number of carbonyl (C=O) groups is 1. The van der Waals surface area contributed by atoms with Crippen LogP contribution in [0.3, 0.4) is 0 Å². The molecule has 1 N–H and O–H groups in total. The first-order valence-electron chi connectivity index (χ1n) is 4.57. The largest absolute Gasteiger partial charge is 0.278 e. The SMILES string of the molecule is CC(C)(C)C(=O)N1CCCCN1. The van der Waals surface area contributed by atoms with E-state index in [9.17, 15) is 4.79 Å². The quantitative estimate of drug-likeness (QED) is 0.591. The van der Waals surface area contributed by atoms with Crippen LogP contribution in [0.15, 0.2) is 0 Å². The maximum Gasteiger partial charge on any atom is 0.242 e. The van der Waals surface area contributed by atoms with Crippen LogP contribution in [0, 0.1) is 5.41 Å². The maximum absolute atomic E-state index is 11.7. The zero-order chi connectivity index (χ0) is 9.19. The molecule has 1 saturated heterocycles. The second kappa shape index (κ2) is 3.44. The number of hydrogen-bond acceptors (Lipinski definition) is 2. The van der Waals surface area contributed by atoms with E-state index in [-0.39, 0.29) is 11.3 Å². The molecular weight excluding hydrogens is 152 g/mol. The van der Waals surface area contributed by atoms with E-state index in [0.29, 0.717) is 0 Å². The Morgan fingerprint density at radius 1 is 1.33 bits per heavy atom. The molecule has 0 spiro atoms. The lowest BCUT2D eigenvalue weighted by molar-refractivity contribution is -0.144. The summed E-state index contributed by atoms with van der Waals surface area (Å²) in [6.07, 6.45) is 2.29. The molecule has 0 atom stereocenters. The lowest BCUT2D eigenvalue weighted by Crippen LogP contribution is -2.51. The lowest BCUT2D eigenvalue weighted by Gasteiger charge is -2.32. The predicted molar refractivity (Wildman–Crippen MR) is 48.4 cm³/mol. The average molecular weight is 170 g/mol. The molecule has 0 bridgehead atoms. The average Bonchev–Trinajstić information content (AvgIpc) is 2.03. The topological polar surface area (TPSA) is 32.3 Å². The second-order valence-corrected chi connectivity index (χ2v) is 4.32. The summed E-state index contributed by atoms with van der Waals surface area (Å²) in [5.41, 5.74) is 2.85. The number of hydrogen-bond donors (Lipinski definition) is 1. The molecule has 1 aliphatic rings. The van der Waals surface area contributed by atoms with Gasteiger partial charge in [0.25, 0.3) is 0 Å². The van der Waals surface area contributed by atoms with Gasteiger partial charge in [0.1, 0.15) is 0 Å². The van der Waals surface area contributed by atoms with Crippen LogP contribution in [-0.4, -0.2) is 24.0 Å². The highest BCUT2D eigenvalue weighted by Gasteiger charge is 2.27. The fraction of sp³-hybridized carbons (Fsp3) is 0.889. The normalized spacial score (nSPS) is 19.4. The molecule has 70 valence electrons. The Hall–Kier alpha value is -0.570. The number of amides is 1. The minimum Gasteiger partial charge on any atom is -0.278 e. The van der Waals surface area contributed by atoms with E-state index >= 15 is 0 Å². The van der Waals surface area contributed by atoms with Crippen molar-refractivity contribution in [3.8, 4) is 0 Å². The van der Waals surface area contributed by atoms with Crippen molar-refractivity contribution < 1.29 is 4.79 Å². The van der Waals surface area contributed by atoms with Gasteiger partial charge in [0.15, 0.2) is 0 Å². The van der Waals surface area contributed by atoms with Gasteiger partial charge >= 0.3 is 0 Å². The fourth-order valence-electron chi connectivity index (χ4n) is 1.27. The van der Waals surface area contributed by atoms with Crippen LogP contribution in [0.4, 0.5) is 0 Å². The molecule has 1 aliphatic heterocycles. The van der Waals surface area contributed by atoms with Crippen molar-refractivity contribution in [3.63, 3.8) is 0 Å². The first-order valence-corrected chi connectivity index (χ1v) is 4.57. The molecule has 0 aromatic carbocycles. The van der Waals surface area contributed by atoms with Crippen LogP contribution >= 0.6 is 0 Å². The number of rotatable bonds is 0. The van der Waals surface area contributed by atoms with E-state index in [1.165, 1.54) is 6.42 Å². The van der Waals surface area contributed by atoms with Gasteiger partial charge in [-0.25, -0.2) is 5.43 Å². The van der Waals surface area contributed by atoms with Crippen molar-refractivity contribution in [1.29, 1.82) is 0 Å². The molecule has 0 aromatic rings. The first kappa shape index (κ1) is 9.52. The summed E-state index contributed by atoms with van der Waals surface area (Å²) in [5.74, 6) is 0.196.